The number of hydrogen-bond donors (Lipinski definition) is 6. The highest BCUT2D eigenvalue weighted by Gasteiger charge is 2.25. The topological polar surface area (TPSA) is 189 Å². The number of phenols is 1. The van der Waals surface area contributed by atoms with Crippen LogP contribution in [0.15, 0.2) is 36.4 Å². The SMILES string of the molecule is COC(=O)C=CCNC(=O)CNC(=O)C(CN)NC(=O)C(CCc1ccc(O)cc1)NC(C)=O. The Morgan fingerprint density at radius 1 is 1.03 bits per heavy atom. The molecule has 0 bridgehead atoms. The van der Waals surface area contributed by atoms with Gasteiger partial charge in [0.05, 0.1) is 13.7 Å². The van der Waals surface area contributed by atoms with Crippen molar-refractivity contribution >= 4 is 29.6 Å². The van der Waals surface area contributed by atoms with E-state index in [9.17, 15) is 29.1 Å². The molecule has 0 aliphatic heterocycles. The van der Waals surface area contributed by atoms with Crippen LogP contribution in [0.3, 0.4) is 0 Å². The zero-order valence-corrected chi connectivity index (χ0v) is 19.1. The van der Waals surface area contributed by atoms with Crippen LogP contribution in [0, 0.1) is 0 Å². The second-order valence-corrected chi connectivity index (χ2v) is 7.20. The van der Waals surface area contributed by atoms with E-state index in [4.69, 9.17) is 5.73 Å². The third-order valence-corrected chi connectivity index (χ3v) is 4.52. The molecule has 0 spiro atoms. The fourth-order valence-electron chi connectivity index (χ4n) is 2.74. The molecule has 4 amide bonds. The molecule has 0 saturated heterocycles. The summed E-state index contributed by atoms with van der Waals surface area (Å²) in [5, 5.41) is 19.2. The first-order valence-electron chi connectivity index (χ1n) is 10.5. The minimum Gasteiger partial charge on any atom is -0.508 e. The van der Waals surface area contributed by atoms with Crippen molar-refractivity contribution in [1.82, 2.24) is 21.3 Å². The van der Waals surface area contributed by atoms with E-state index in [1.165, 1.54) is 32.2 Å². The maximum absolute atomic E-state index is 12.7. The number of carbonyl (C=O) groups excluding carboxylic acids is 5. The van der Waals surface area contributed by atoms with Crippen molar-refractivity contribution in [2.45, 2.75) is 31.8 Å². The summed E-state index contributed by atoms with van der Waals surface area (Å²) in [5.41, 5.74) is 6.46. The zero-order chi connectivity index (χ0) is 25.5. The number of aromatic hydroxyl groups is 1. The van der Waals surface area contributed by atoms with Gasteiger partial charge in [0.25, 0.3) is 0 Å². The van der Waals surface area contributed by atoms with Crippen LogP contribution < -0.4 is 27.0 Å². The lowest BCUT2D eigenvalue weighted by atomic mass is 10.0. The monoisotopic (exact) mass is 477 g/mol. The van der Waals surface area contributed by atoms with Gasteiger partial charge in [-0.1, -0.05) is 18.2 Å². The maximum Gasteiger partial charge on any atom is 0.330 e. The Bertz CT molecular complexity index is 886. The summed E-state index contributed by atoms with van der Waals surface area (Å²) < 4.78 is 4.41. The van der Waals surface area contributed by atoms with Crippen LogP contribution in [0.5, 0.6) is 5.75 Å². The molecule has 12 nitrogen and oxygen atoms in total. The number of amides is 4. The molecule has 1 aromatic rings. The van der Waals surface area contributed by atoms with Gasteiger partial charge in [-0.05, 0) is 30.5 Å². The summed E-state index contributed by atoms with van der Waals surface area (Å²) in [5.74, 6) is -2.66. The van der Waals surface area contributed by atoms with Crippen LogP contribution in [0.25, 0.3) is 0 Å². The van der Waals surface area contributed by atoms with Crippen LogP contribution in [0.1, 0.15) is 18.9 Å². The molecular formula is C22H31N5O7. The fraction of sp³-hybridized carbons (Fsp3) is 0.409. The number of phenolic OH excluding ortho intramolecular Hbond substituents is 1. The van der Waals surface area contributed by atoms with Gasteiger partial charge in [0.15, 0.2) is 0 Å². The van der Waals surface area contributed by atoms with E-state index in [-0.39, 0.29) is 31.8 Å². The van der Waals surface area contributed by atoms with E-state index < -0.39 is 41.7 Å². The predicted octanol–water partition coefficient (Wildman–Crippen LogP) is -1.77. The fourth-order valence-corrected chi connectivity index (χ4v) is 2.74. The predicted molar refractivity (Wildman–Crippen MR) is 122 cm³/mol. The lowest BCUT2D eigenvalue weighted by Crippen LogP contribution is -2.56. The quantitative estimate of drug-likeness (QED) is 0.142. The average molecular weight is 478 g/mol. The van der Waals surface area contributed by atoms with Gasteiger partial charge in [-0.25, -0.2) is 4.79 Å². The number of rotatable bonds is 13. The number of benzene rings is 1. The summed E-state index contributed by atoms with van der Waals surface area (Å²) >= 11 is 0. The van der Waals surface area contributed by atoms with Gasteiger partial charge in [0.1, 0.15) is 17.8 Å². The van der Waals surface area contributed by atoms with E-state index in [1.54, 1.807) is 12.1 Å². The van der Waals surface area contributed by atoms with Crippen molar-refractivity contribution in [3.8, 4) is 5.75 Å². The van der Waals surface area contributed by atoms with Gasteiger partial charge in [0.2, 0.25) is 23.6 Å². The first-order chi connectivity index (χ1) is 16.2. The van der Waals surface area contributed by atoms with Crippen molar-refractivity contribution in [2.24, 2.45) is 5.73 Å². The molecule has 2 unspecified atom stereocenters. The Kier molecular flexibility index (Phi) is 12.4. The van der Waals surface area contributed by atoms with Crippen LogP contribution in [-0.2, 0) is 35.1 Å². The van der Waals surface area contributed by atoms with Gasteiger partial charge < -0.3 is 36.8 Å². The van der Waals surface area contributed by atoms with Crippen molar-refractivity contribution in [3.05, 3.63) is 42.0 Å². The molecule has 0 fully saturated rings. The third kappa shape index (κ3) is 11.1. The number of hydrogen-bond acceptors (Lipinski definition) is 8. The Balaban J connectivity index is 2.58. The lowest BCUT2D eigenvalue weighted by Gasteiger charge is -2.22. The summed E-state index contributed by atoms with van der Waals surface area (Å²) in [4.78, 5) is 59.3. The van der Waals surface area contributed by atoms with Gasteiger partial charge >= 0.3 is 5.97 Å². The van der Waals surface area contributed by atoms with Crippen LogP contribution in [0.4, 0.5) is 0 Å². The van der Waals surface area contributed by atoms with E-state index in [0.29, 0.717) is 6.42 Å². The molecular weight excluding hydrogens is 446 g/mol. The van der Waals surface area contributed by atoms with Crippen molar-refractivity contribution in [2.75, 3.05) is 26.7 Å². The second-order valence-electron chi connectivity index (χ2n) is 7.20. The molecule has 0 saturated carbocycles. The molecule has 186 valence electrons. The number of nitrogens with one attached hydrogen (secondary N) is 4. The standard InChI is InChI=1S/C22H31N5O7/c1-14(28)26-17(10-7-15-5-8-16(29)9-6-15)22(33)27-18(12-23)21(32)25-13-19(30)24-11-3-4-20(31)34-2/h3-6,8-9,17-18,29H,7,10-13,23H2,1-2H3,(H,24,30)(H,25,32)(H,26,28)(H,27,33). The Hall–Kier alpha value is -3.93. The van der Waals surface area contributed by atoms with E-state index >= 15 is 0 Å². The normalized spacial score (nSPS) is 12.3. The molecule has 0 aromatic heterocycles. The molecule has 0 heterocycles. The number of aryl methyl sites for hydroxylation is 1. The Morgan fingerprint density at radius 3 is 2.29 bits per heavy atom. The smallest absolute Gasteiger partial charge is 0.330 e. The lowest BCUT2D eigenvalue weighted by molar-refractivity contribution is -0.135. The minimum absolute atomic E-state index is 0.0558. The van der Waals surface area contributed by atoms with Crippen LogP contribution in [0.2, 0.25) is 0 Å². The molecule has 0 radical (unpaired) electrons. The highest BCUT2D eigenvalue weighted by molar-refractivity contribution is 5.93. The number of carbonyl (C=O) groups is 5. The van der Waals surface area contributed by atoms with Crippen LogP contribution >= 0.6 is 0 Å². The van der Waals surface area contributed by atoms with E-state index in [1.807, 2.05) is 0 Å². The largest absolute Gasteiger partial charge is 0.508 e. The number of ether oxygens (including phenoxy) is 1. The average Bonchev–Trinajstić information content (AvgIpc) is 2.81. The highest BCUT2D eigenvalue weighted by atomic mass is 16.5. The van der Waals surface area contributed by atoms with Gasteiger partial charge in [-0.3, -0.25) is 19.2 Å². The highest BCUT2D eigenvalue weighted by Crippen LogP contribution is 2.12. The van der Waals surface area contributed by atoms with Crippen molar-refractivity contribution in [3.63, 3.8) is 0 Å². The van der Waals surface area contributed by atoms with Crippen molar-refractivity contribution in [1.29, 1.82) is 0 Å². The first-order valence-corrected chi connectivity index (χ1v) is 10.5. The summed E-state index contributed by atoms with van der Waals surface area (Å²) in [6.45, 7) is 0.728. The Morgan fingerprint density at radius 2 is 1.71 bits per heavy atom. The number of methoxy groups -OCH3 is 1. The zero-order valence-electron chi connectivity index (χ0n) is 19.1. The van der Waals surface area contributed by atoms with Gasteiger partial charge in [-0.15, -0.1) is 0 Å². The molecule has 12 heteroatoms. The molecule has 0 aliphatic carbocycles. The van der Waals surface area contributed by atoms with E-state index in [0.717, 1.165) is 11.6 Å². The molecule has 34 heavy (non-hydrogen) atoms. The molecule has 1 aromatic carbocycles. The molecule has 1 rings (SSSR count). The number of esters is 1. The summed E-state index contributed by atoms with van der Waals surface area (Å²) in [6.07, 6.45) is 3.21. The Labute approximate surface area is 197 Å². The van der Waals surface area contributed by atoms with E-state index in [2.05, 4.69) is 26.0 Å². The second kappa shape index (κ2) is 15.0. The summed E-state index contributed by atoms with van der Waals surface area (Å²) in [7, 11) is 1.22. The van der Waals surface area contributed by atoms with Crippen molar-refractivity contribution < 1.29 is 33.8 Å². The molecule has 7 N–H and O–H groups in total. The first kappa shape index (κ1) is 28.1. The molecule has 2 atom stereocenters. The van der Waals surface area contributed by atoms with Gasteiger partial charge in [-0.2, -0.15) is 0 Å². The van der Waals surface area contributed by atoms with Gasteiger partial charge in [0, 0.05) is 26.1 Å². The third-order valence-electron chi connectivity index (χ3n) is 4.52. The molecule has 0 aliphatic rings. The minimum atomic E-state index is -1.12. The summed E-state index contributed by atoms with van der Waals surface area (Å²) in [6, 6.07) is 4.39. The van der Waals surface area contributed by atoms with Crippen LogP contribution in [-0.4, -0.2) is 73.5 Å². The number of nitrogens with two attached hydrogens (primary N) is 1. The maximum atomic E-state index is 12.7.